The first-order valence-corrected chi connectivity index (χ1v) is 20.3. The van der Waals surface area contributed by atoms with Gasteiger partial charge in [0.2, 0.25) is 21.8 Å². The Bertz CT molecular complexity index is 1810. The highest BCUT2D eigenvalue weighted by Crippen LogP contribution is 2.46. The second kappa shape index (κ2) is 14.2. The topological polar surface area (TPSA) is 181 Å². The van der Waals surface area contributed by atoms with Gasteiger partial charge in [0.25, 0.3) is 5.91 Å². The molecule has 6 aliphatic rings. The first kappa shape index (κ1) is 37.1. The normalized spacial score (nSPS) is 29.7. The minimum Gasteiger partial charge on any atom is -0.444 e. The lowest BCUT2D eigenvalue weighted by Crippen LogP contribution is -2.58. The summed E-state index contributed by atoms with van der Waals surface area (Å²) in [5, 5.41) is 4.89. The van der Waals surface area contributed by atoms with E-state index in [9.17, 15) is 36.8 Å². The number of fused-ring (bicyclic) bond motifs is 3. The number of hydrogen-bond donors (Lipinski definition) is 3. The number of hydrogen-bond acceptors (Lipinski definition) is 9. The minimum atomic E-state index is -3.92. The number of nitrogens with zero attached hydrogens (tertiary/aromatic N) is 2. The summed E-state index contributed by atoms with van der Waals surface area (Å²) in [6.45, 7) is 3.61. The zero-order valence-electron chi connectivity index (χ0n) is 30.1. The molecule has 14 nitrogen and oxygen atoms in total. The Morgan fingerprint density at radius 2 is 1.81 bits per heavy atom. The SMILES string of the molecule is CC(C)(OC(=O)N[C@H]1CCCCC/C=C\[C@H]2C[C@@]2(C(=O)NS(=O)(=O)C2CC2)NC(=O)[C@@H]2C[C@@H](OC(=O)N3Cc4cccc(F)c4C3)CN2C1=O)C1CC1. The predicted octanol–water partition coefficient (Wildman–Crippen LogP) is 3.53. The molecule has 3 aliphatic carbocycles. The van der Waals surface area contributed by atoms with Gasteiger partial charge in [0.05, 0.1) is 18.3 Å². The van der Waals surface area contributed by atoms with Gasteiger partial charge in [-0.05, 0) is 82.8 Å². The number of allylic oxidation sites excluding steroid dienone is 1. The lowest BCUT2D eigenvalue weighted by molar-refractivity contribution is -0.141. The van der Waals surface area contributed by atoms with Gasteiger partial charge in [-0.2, -0.15) is 0 Å². The second-order valence-corrected chi connectivity index (χ2v) is 17.9. The van der Waals surface area contributed by atoms with Crippen LogP contribution in [0.4, 0.5) is 14.0 Å². The van der Waals surface area contributed by atoms with Crippen LogP contribution in [-0.4, -0.2) is 89.2 Å². The number of halogens is 1. The van der Waals surface area contributed by atoms with Crippen molar-refractivity contribution in [3.8, 4) is 0 Å². The molecule has 3 heterocycles. The van der Waals surface area contributed by atoms with Crippen LogP contribution in [0.5, 0.6) is 0 Å². The maximum absolute atomic E-state index is 14.4. The molecule has 0 radical (unpaired) electrons. The Balaban J connectivity index is 1.13. The van der Waals surface area contributed by atoms with Crippen molar-refractivity contribution in [2.24, 2.45) is 11.8 Å². The van der Waals surface area contributed by atoms with Crippen molar-refractivity contribution in [3.05, 3.63) is 47.3 Å². The highest BCUT2D eigenvalue weighted by atomic mass is 32.2. The predicted molar refractivity (Wildman–Crippen MR) is 188 cm³/mol. The van der Waals surface area contributed by atoms with E-state index in [2.05, 4.69) is 15.4 Å². The number of carbonyl (C=O) groups excluding carboxylic acids is 5. The van der Waals surface area contributed by atoms with Crippen molar-refractivity contribution in [2.75, 3.05) is 6.54 Å². The van der Waals surface area contributed by atoms with E-state index in [-0.39, 0.29) is 44.8 Å². The van der Waals surface area contributed by atoms with Crippen LogP contribution >= 0.6 is 0 Å². The largest absolute Gasteiger partial charge is 0.444 e. The molecule has 288 valence electrons. The molecular formula is C37H48FN5O9S. The van der Waals surface area contributed by atoms with E-state index < -0.39 is 86.2 Å². The van der Waals surface area contributed by atoms with Crippen molar-refractivity contribution in [3.63, 3.8) is 0 Å². The summed E-state index contributed by atoms with van der Waals surface area (Å²) in [6.07, 6.45) is 7.12. The zero-order chi connectivity index (χ0) is 37.7. The van der Waals surface area contributed by atoms with Crippen molar-refractivity contribution in [1.82, 2.24) is 25.2 Å². The molecule has 53 heavy (non-hydrogen) atoms. The molecule has 0 bridgehead atoms. The third-order valence-corrected chi connectivity index (χ3v) is 13.3. The highest BCUT2D eigenvalue weighted by Gasteiger charge is 2.62. The number of benzene rings is 1. The summed E-state index contributed by atoms with van der Waals surface area (Å²) >= 11 is 0. The van der Waals surface area contributed by atoms with Crippen molar-refractivity contribution < 1.29 is 46.3 Å². The maximum Gasteiger partial charge on any atom is 0.410 e. The van der Waals surface area contributed by atoms with Gasteiger partial charge in [0, 0.05) is 24.4 Å². The summed E-state index contributed by atoms with van der Waals surface area (Å²) in [6, 6.07) is 2.33. The van der Waals surface area contributed by atoms with Crippen molar-refractivity contribution >= 4 is 39.9 Å². The summed E-state index contributed by atoms with van der Waals surface area (Å²) in [5.41, 5.74) is -1.23. The fraction of sp³-hybridized carbons (Fsp3) is 0.649. The van der Waals surface area contributed by atoms with Crippen molar-refractivity contribution in [1.29, 1.82) is 0 Å². The Kier molecular flexibility index (Phi) is 9.96. The number of ether oxygens (including phenoxy) is 2. The van der Waals surface area contributed by atoms with Gasteiger partial charge in [-0.25, -0.2) is 22.4 Å². The van der Waals surface area contributed by atoms with Gasteiger partial charge < -0.3 is 25.0 Å². The van der Waals surface area contributed by atoms with Crippen molar-refractivity contribution in [2.45, 2.75) is 132 Å². The number of rotatable bonds is 7. The van der Waals surface area contributed by atoms with E-state index in [1.807, 2.05) is 26.0 Å². The molecule has 5 amide bonds. The number of carbonyl (C=O) groups is 5. The molecule has 3 N–H and O–H groups in total. The summed E-state index contributed by atoms with van der Waals surface area (Å²) < 4.78 is 53.8. The van der Waals surface area contributed by atoms with E-state index in [1.165, 1.54) is 15.9 Å². The second-order valence-electron chi connectivity index (χ2n) is 16.0. The number of sulfonamides is 1. The Morgan fingerprint density at radius 1 is 1.04 bits per heavy atom. The van der Waals surface area contributed by atoms with E-state index in [4.69, 9.17) is 9.47 Å². The van der Waals surface area contributed by atoms with Crippen LogP contribution in [-0.2, 0) is 47.0 Å². The van der Waals surface area contributed by atoms with Crippen LogP contribution in [0, 0.1) is 17.7 Å². The fourth-order valence-corrected chi connectivity index (χ4v) is 9.21. The molecule has 0 unspecified atom stereocenters. The van der Waals surface area contributed by atoms with Crippen LogP contribution in [0.2, 0.25) is 0 Å². The molecule has 1 aromatic rings. The van der Waals surface area contributed by atoms with E-state index >= 15 is 0 Å². The standard InChI is InChI=1S/C37H48FN5O9S/c1-36(2,23-13-14-23)52-34(47)39-29-12-7-5-3-4-6-10-24-18-37(24,33(46)41-53(49,50)26-15-16-26)40-31(44)30-17-25(20-43(30)32(29)45)51-35(48)42-19-22-9-8-11-28(38)27(22)21-42/h6,8-11,23-26,29-30H,3-5,7,12-21H2,1-2H3,(H,39,47)(H,40,44)(H,41,46)/b10-6-/t24-,25+,29-,30-,37+/m0/s1. The highest BCUT2D eigenvalue weighted by molar-refractivity contribution is 7.91. The molecule has 4 fully saturated rings. The monoisotopic (exact) mass is 757 g/mol. The van der Waals surface area contributed by atoms with Crippen LogP contribution in [0.3, 0.4) is 0 Å². The smallest absolute Gasteiger partial charge is 0.410 e. The summed E-state index contributed by atoms with van der Waals surface area (Å²) in [7, 11) is -3.92. The maximum atomic E-state index is 14.4. The van der Waals surface area contributed by atoms with Crippen LogP contribution in [0.1, 0.15) is 95.6 Å². The third-order valence-electron chi connectivity index (χ3n) is 11.5. The van der Waals surface area contributed by atoms with E-state index in [0.29, 0.717) is 36.8 Å². The molecule has 3 saturated carbocycles. The fourth-order valence-electron chi connectivity index (χ4n) is 7.85. The number of amides is 5. The average Bonchev–Trinajstić information content (AvgIpc) is 4.01. The van der Waals surface area contributed by atoms with Gasteiger partial charge in [-0.15, -0.1) is 0 Å². The molecule has 1 aromatic carbocycles. The van der Waals surface area contributed by atoms with Gasteiger partial charge in [0.15, 0.2) is 0 Å². The van der Waals surface area contributed by atoms with Crippen LogP contribution < -0.4 is 15.4 Å². The van der Waals surface area contributed by atoms with Gasteiger partial charge in [-0.1, -0.05) is 37.1 Å². The molecule has 16 heteroatoms. The van der Waals surface area contributed by atoms with Gasteiger partial charge >= 0.3 is 12.2 Å². The van der Waals surface area contributed by atoms with E-state index in [0.717, 1.165) is 25.7 Å². The van der Waals surface area contributed by atoms with Gasteiger partial charge in [-0.3, -0.25) is 24.0 Å². The quantitative estimate of drug-likeness (QED) is 0.351. The first-order chi connectivity index (χ1) is 25.2. The Labute approximate surface area is 308 Å². The van der Waals surface area contributed by atoms with Crippen LogP contribution in [0.25, 0.3) is 0 Å². The summed E-state index contributed by atoms with van der Waals surface area (Å²) in [4.78, 5) is 71.5. The lowest BCUT2D eigenvalue weighted by Gasteiger charge is -2.31. The molecular weight excluding hydrogens is 709 g/mol. The van der Waals surface area contributed by atoms with Crippen LogP contribution in [0.15, 0.2) is 30.4 Å². The third kappa shape index (κ3) is 8.02. The number of alkyl carbamates (subject to hydrolysis) is 1. The average molecular weight is 758 g/mol. The molecule has 0 aromatic heterocycles. The number of nitrogens with one attached hydrogen (secondary N) is 3. The molecule has 0 spiro atoms. The minimum absolute atomic E-state index is 0.00172. The molecule has 5 atom stereocenters. The van der Waals surface area contributed by atoms with E-state index in [1.54, 1.807) is 12.1 Å². The summed E-state index contributed by atoms with van der Waals surface area (Å²) in [5.74, 6) is -2.80. The molecule has 7 rings (SSSR count). The lowest BCUT2D eigenvalue weighted by atomic mass is 10.0. The zero-order valence-corrected chi connectivity index (χ0v) is 30.9. The Morgan fingerprint density at radius 3 is 2.53 bits per heavy atom. The molecule has 1 saturated heterocycles. The molecule has 3 aliphatic heterocycles. The Hall–Kier alpha value is -4.21. The van der Waals surface area contributed by atoms with Gasteiger partial charge in [0.1, 0.15) is 35.1 Å². The first-order valence-electron chi connectivity index (χ1n) is 18.7.